The number of aromatic nitrogens is 3. The number of thiazole rings is 1. The minimum absolute atomic E-state index is 0.182. The number of nitrogen functional groups attached to an aromatic ring is 1. The average molecular weight is 254 g/mol. The molecule has 0 unspecified atom stereocenters. The van der Waals surface area contributed by atoms with Crippen LogP contribution in [-0.4, -0.2) is 28.1 Å². The Labute approximate surface area is 100 Å². The van der Waals surface area contributed by atoms with Crippen LogP contribution in [0.15, 0.2) is 10.9 Å². The third-order valence-electron chi connectivity index (χ3n) is 1.89. The van der Waals surface area contributed by atoms with Crippen molar-refractivity contribution in [3.8, 4) is 0 Å². The molecule has 0 aromatic carbocycles. The maximum Gasteiger partial charge on any atom is 0.265 e. The zero-order valence-electron chi connectivity index (χ0n) is 8.93. The first-order chi connectivity index (χ1) is 8.20. The van der Waals surface area contributed by atoms with Gasteiger partial charge in [0.1, 0.15) is 10.7 Å². The lowest BCUT2D eigenvalue weighted by atomic mass is 10.4. The second kappa shape index (κ2) is 4.78. The van der Waals surface area contributed by atoms with Crippen molar-refractivity contribution in [2.75, 3.05) is 18.1 Å². The predicted molar refractivity (Wildman–Crippen MR) is 61.5 cm³/mol. The predicted octanol–water partition coefficient (Wildman–Crippen LogP) is 0.0800. The maximum atomic E-state index is 11.8. The summed E-state index contributed by atoms with van der Waals surface area (Å²) in [4.78, 5) is 19.9. The number of anilines is 2. The summed E-state index contributed by atoms with van der Waals surface area (Å²) < 4.78 is 4.54. The first-order valence-corrected chi connectivity index (χ1v) is 5.50. The van der Waals surface area contributed by atoms with Crippen molar-refractivity contribution in [1.82, 2.24) is 20.4 Å². The summed E-state index contributed by atoms with van der Waals surface area (Å²) in [6, 6.07) is 0. The molecule has 0 saturated carbocycles. The van der Waals surface area contributed by atoms with Crippen LogP contribution in [0.4, 0.5) is 10.9 Å². The summed E-state index contributed by atoms with van der Waals surface area (Å²) in [5.74, 6) is 0.284. The second-order valence-electron chi connectivity index (χ2n) is 3.01. The Kier molecular flexibility index (Phi) is 3.19. The van der Waals surface area contributed by atoms with E-state index < -0.39 is 0 Å². The van der Waals surface area contributed by atoms with Gasteiger partial charge in [0.2, 0.25) is 6.39 Å². The monoisotopic (exact) mass is 254 g/mol. The lowest BCUT2D eigenvalue weighted by molar-refractivity contribution is 0.0954. The fourth-order valence-corrected chi connectivity index (χ4v) is 1.87. The zero-order chi connectivity index (χ0) is 12.3. The van der Waals surface area contributed by atoms with Gasteiger partial charge in [-0.2, -0.15) is 4.98 Å². The van der Waals surface area contributed by atoms with Gasteiger partial charge in [0.15, 0.2) is 11.0 Å². The quantitative estimate of drug-likeness (QED) is 0.706. The van der Waals surface area contributed by atoms with Crippen LogP contribution in [0.25, 0.3) is 0 Å². The number of amides is 1. The van der Waals surface area contributed by atoms with Crippen molar-refractivity contribution >= 4 is 28.2 Å². The summed E-state index contributed by atoms with van der Waals surface area (Å²) in [5, 5.41) is 9.60. The van der Waals surface area contributed by atoms with E-state index in [4.69, 9.17) is 5.73 Å². The fourth-order valence-electron chi connectivity index (χ4n) is 1.11. The van der Waals surface area contributed by atoms with Crippen LogP contribution in [-0.2, 0) is 6.54 Å². The first-order valence-electron chi connectivity index (χ1n) is 4.68. The molecule has 0 aliphatic heterocycles. The molecule has 90 valence electrons. The number of hydrogen-bond donors (Lipinski definition) is 3. The van der Waals surface area contributed by atoms with Crippen molar-refractivity contribution in [2.45, 2.75) is 6.54 Å². The van der Waals surface area contributed by atoms with Gasteiger partial charge in [0.05, 0.1) is 6.54 Å². The molecule has 4 N–H and O–H groups in total. The molecule has 0 radical (unpaired) electrons. The average Bonchev–Trinajstić information content (AvgIpc) is 2.94. The van der Waals surface area contributed by atoms with Gasteiger partial charge >= 0.3 is 0 Å². The summed E-state index contributed by atoms with van der Waals surface area (Å²) in [7, 11) is 1.71. The van der Waals surface area contributed by atoms with Gasteiger partial charge in [-0.05, 0) is 0 Å². The van der Waals surface area contributed by atoms with Gasteiger partial charge in [-0.25, -0.2) is 4.98 Å². The Balaban J connectivity index is 2.01. The van der Waals surface area contributed by atoms with Crippen LogP contribution in [0.2, 0.25) is 0 Å². The van der Waals surface area contributed by atoms with E-state index in [-0.39, 0.29) is 18.3 Å². The molecule has 0 aliphatic rings. The van der Waals surface area contributed by atoms with Crippen molar-refractivity contribution in [1.29, 1.82) is 0 Å². The van der Waals surface area contributed by atoms with Crippen molar-refractivity contribution in [3.05, 3.63) is 17.1 Å². The molecule has 2 aromatic heterocycles. The number of hydrogen-bond acceptors (Lipinski definition) is 8. The summed E-state index contributed by atoms with van der Waals surface area (Å²) >= 11 is 1.18. The molecule has 2 aromatic rings. The number of nitrogens with zero attached hydrogens (tertiary/aromatic N) is 3. The summed E-state index contributed by atoms with van der Waals surface area (Å²) in [6.45, 7) is 0.182. The van der Waals surface area contributed by atoms with Crippen LogP contribution < -0.4 is 16.4 Å². The van der Waals surface area contributed by atoms with E-state index in [1.807, 2.05) is 0 Å². The van der Waals surface area contributed by atoms with E-state index in [2.05, 4.69) is 30.3 Å². The number of carbonyl (C=O) groups excluding carboxylic acids is 1. The van der Waals surface area contributed by atoms with E-state index in [0.717, 1.165) is 0 Å². The smallest absolute Gasteiger partial charge is 0.265 e. The molecular weight excluding hydrogens is 244 g/mol. The van der Waals surface area contributed by atoms with Gasteiger partial charge in [0, 0.05) is 7.05 Å². The standard InChI is InChI=1S/C8H10N6O2S/c1-10-8-13-6(9)5(17-8)7(15)11-2-4-12-3-16-14-4/h3H,2,9H2,1H3,(H,10,13)(H,11,15). The highest BCUT2D eigenvalue weighted by molar-refractivity contribution is 7.18. The minimum atomic E-state index is -0.314. The Morgan fingerprint density at radius 3 is 3.06 bits per heavy atom. The van der Waals surface area contributed by atoms with Crippen molar-refractivity contribution in [2.24, 2.45) is 0 Å². The molecule has 2 heterocycles. The van der Waals surface area contributed by atoms with E-state index in [0.29, 0.717) is 15.8 Å². The molecule has 0 aliphatic carbocycles. The van der Waals surface area contributed by atoms with Gasteiger partial charge in [-0.15, -0.1) is 0 Å². The Bertz CT molecular complexity index is 508. The molecule has 0 bridgehead atoms. The second-order valence-corrected chi connectivity index (χ2v) is 4.01. The Hall–Kier alpha value is -2.16. The Morgan fingerprint density at radius 2 is 2.47 bits per heavy atom. The SMILES string of the molecule is CNc1nc(N)c(C(=O)NCc2ncon2)s1. The van der Waals surface area contributed by atoms with E-state index >= 15 is 0 Å². The molecule has 0 atom stereocenters. The first kappa shape index (κ1) is 11.3. The number of carbonyl (C=O) groups is 1. The molecule has 0 saturated heterocycles. The van der Waals surface area contributed by atoms with Gasteiger partial charge in [-0.3, -0.25) is 4.79 Å². The number of nitrogens with one attached hydrogen (secondary N) is 2. The highest BCUT2D eigenvalue weighted by Gasteiger charge is 2.15. The highest BCUT2D eigenvalue weighted by atomic mass is 32.1. The molecule has 0 spiro atoms. The van der Waals surface area contributed by atoms with Crippen LogP contribution in [0, 0.1) is 0 Å². The highest BCUT2D eigenvalue weighted by Crippen LogP contribution is 2.24. The summed E-state index contributed by atoms with van der Waals surface area (Å²) in [6.07, 6.45) is 1.20. The Morgan fingerprint density at radius 1 is 1.65 bits per heavy atom. The molecule has 9 heteroatoms. The van der Waals surface area contributed by atoms with E-state index in [1.165, 1.54) is 17.7 Å². The van der Waals surface area contributed by atoms with Gasteiger partial charge < -0.3 is 20.9 Å². The van der Waals surface area contributed by atoms with Crippen LogP contribution in [0.5, 0.6) is 0 Å². The zero-order valence-corrected chi connectivity index (χ0v) is 9.74. The topological polar surface area (TPSA) is 119 Å². The van der Waals surface area contributed by atoms with Gasteiger partial charge in [0.25, 0.3) is 5.91 Å². The van der Waals surface area contributed by atoms with Crippen molar-refractivity contribution < 1.29 is 9.32 Å². The normalized spacial score (nSPS) is 10.2. The molecule has 0 fully saturated rings. The lowest BCUT2D eigenvalue weighted by Gasteiger charge is -1.99. The third-order valence-corrected chi connectivity index (χ3v) is 2.97. The van der Waals surface area contributed by atoms with Crippen LogP contribution >= 0.6 is 11.3 Å². The van der Waals surface area contributed by atoms with Crippen molar-refractivity contribution in [3.63, 3.8) is 0 Å². The van der Waals surface area contributed by atoms with Gasteiger partial charge in [-0.1, -0.05) is 16.5 Å². The maximum absolute atomic E-state index is 11.8. The molecule has 8 nitrogen and oxygen atoms in total. The molecule has 17 heavy (non-hydrogen) atoms. The summed E-state index contributed by atoms with van der Waals surface area (Å²) in [5.41, 5.74) is 5.62. The van der Waals surface area contributed by atoms with E-state index in [1.54, 1.807) is 7.05 Å². The largest absolute Gasteiger partial charge is 0.382 e. The van der Waals surface area contributed by atoms with Crippen LogP contribution in [0.3, 0.4) is 0 Å². The van der Waals surface area contributed by atoms with E-state index in [9.17, 15) is 4.79 Å². The van der Waals surface area contributed by atoms with Crippen LogP contribution in [0.1, 0.15) is 15.5 Å². The number of rotatable bonds is 4. The third kappa shape index (κ3) is 2.50. The molecular formula is C8H10N6O2S. The number of nitrogens with two attached hydrogens (primary N) is 1. The lowest BCUT2D eigenvalue weighted by Crippen LogP contribution is -2.23. The minimum Gasteiger partial charge on any atom is -0.382 e. The molecule has 2 rings (SSSR count). The molecule has 1 amide bonds. The fraction of sp³-hybridized carbons (Fsp3) is 0.250.